The SMILES string of the molecule is CC1=CC(F)=C(C)C(=N)C1=N.CO. The van der Waals surface area contributed by atoms with Crippen LogP contribution in [0.15, 0.2) is 23.0 Å². The first kappa shape index (κ1) is 11.7. The fraction of sp³-hybridized carbons (Fsp3) is 0.333. The molecule has 0 amide bonds. The lowest BCUT2D eigenvalue weighted by Crippen LogP contribution is -2.18. The molecular weight excluding hydrogens is 171 g/mol. The third kappa shape index (κ3) is 2.32. The number of aliphatic hydroxyl groups is 1. The molecule has 0 atom stereocenters. The molecule has 0 saturated carbocycles. The number of rotatable bonds is 0. The fourth-order valence-electron chi connectivity index (χ4n) is 0.875. The van der Waals surface area contributed by atoms with Crippen LogP contribution in [0.25, 0.3) is 0 Å². The van der Waals surface area contributed by atoms with E-state index in [1.165, 1.54) is 13.0 Å². The lowest BCUT2D eigenvalue weighted by Gasteiger charge is -2.12. The average Bonchev–Trinajstić information content (AvgIpc) is 2.15. The molecule has 0 radical (unpaired) electrons. The predicted molar refractivity (Wildman–Crippen MR) is 51.2 cm³/mol. The third-order valence-corrected chi connectivity index (χ3v) is 1.72. The van der Waals surface area contributed by atoms with Gasteiger partial charge in [0.25, 0.3) is 0 Å². The van der Waals surface area contributed by atoms with Gasteiger partial charge in [0, 0.05) is 12.7 Å². The maximum atomic E-state index is 12.8. The summed E-state index contributed by atoms with van der Waals surface area (Å²) in [7, 11) is 1.00. The standard InChI is InChI=1S/C8H9FN2.CH4O/c1-4-3-6(9)5(2)8(11)7(4)10;1-2/h3,10-11H,1-2H3;2H,1H3. The molecular formula is C9H13FN2O. The highest BCUT2D eigenvalue weighted by atomic mass is 19.1. The van der Waals surface area contributed by atoms with Gasteiger partial charge in [-0.05, 0) is 25.5 Å². The quantitative estimate of drug-likeness (QED) is 0.494. The van der Waals surface area contributed by atoms with Crippen LogP contribution in [0.2, 0.25) is 0 Å². The van der Waals surface area contributed by atoms with Crippen molar-refractivity contribution in [2.24, 2.45) is 0 Å². The molecule has 0 fully saturated rings. The number of aliphatic hydroxyl groups excluding tert-OH is 1. The Hall–Kier alpha value is -1.29. The first-order valence-electron chi connectivity index (χ1n) is 3.71. The second kappa shape index (κ2) is 4.67. The van der Waals surface area contributed by atoms with Gasteiger partial charge in [-0.25, -0.2) is 4.39 Å². The van der Waals surface area contributed by atoms with Crippen molar-refractivity contribution < 1.29 is 9.50 Å². The maximum absolute atomic E-state index is 12.8. The number of allylic oxidation sites excluding steroid dienone is 4. The van der Waals surface area contributed by atoms with E-state index in [2.05, 4.69) is 0 Å². The van der Waals surface area contributed by atoms with Gasteiger partial charge in [0.1, 0.15) is 5.83 Å². The first-order valence-corrected chi connectivity index (χ1v) is 3.71. The van der Waals surface area contributed by atoms with Crippen LogP contribution in [-0.2, 0) is 0 Å². The van der Waals surface area contributed by atoms with E-state index in [1.54, 1.807) is 6.92 Å². The van der Waals surface area contributed by atoms with Gasteiger partial charge in [-0.15, -0.1) is 0 Å². The van der Waals surface area contributed by atoms with Crippen LogP contribution in [0.5, 0.6) is 0 Å². The van der Waals surface area contributed by atoms with Gasteiger partial charge in [-0.2, -0.15) is 0 Å². The Morgan fingerprint density at radius 2 is 1.62 bits per heavy atom. The van der Waals surface area contributed by atoms with Crippen molar-refractivity contribution in [2.75, 3.05) is 7.11 Å². The zero-order chi connectivity index (χ0) is 10.6. The molecule has 3 nitrogen and oxygen atoms in total. The number of hydrogen-bond donors (Lipinski definition) is 3. The molecule has 1 aliphatic carbocycles. The summed E-state index contributed by atoms with van der Waals surface area (Å²) in [4.78, 5) is 0. The molecule has 0 aromatic heterocycles. The largest absolute Gasteiger partial charge is 0.400 e. The Morgan fingerprint density at radius 3 is 2.08 bits per heavy atom. The number of hydrogen-bond acceptors (Lipinski definition) is 3. The molecule has 0 bridgehead atoms. The maximum Gasteiger partial charge on any atom is 0.128 e. The van der Waals surface area contributed by atoms with Crippen LogP contribution >= 0.6 is 0 Å². The Morgan fingerprint density at radius 1 is 1.15 bits per heavy atom. The van der Waals surface area contributed by atoms with E-state index in [0.717, 1.165) is 7.11 Å². The minimum absolute atomic E-state index is 0.0116. The molecule has 3 N–H and O–H groups in total. The van der Waals surface area contributed by atoms with Gasteiger partial charge in [0.05, 0.1) is 11.4 Å². The molecule has 0 aliphatic heterocycles. The lowest BCUT2D eigenvalue weighted by atomic mass is 9.96. The van der Waals surface area contributed by atoms with Crippen molar-refractivity contribution in [1.29, 1.82) is 10.8 Å². The molecule has 0 unspecified atom stereocenters. The van der Waals surface area contributed by atoms with Crippen LogP contribution in [0.1, 0.15) is 13.8 Å². The highest BCUT2D eigenvalue weighted by molar-refractivity contribution is 6.52. The molecule has 1 rings (SSSR count). The minimum Gasteiger partial charge on any atom is -0.400 e. The summed E-state index contributed by atoms with van der Waals surface area (Å²) < 4.78 is 12.8. The zero-order valence-electron chi connectivity index (χ0n) is 7.90. The van der Waals surface area contributed by atoms with Gasteiger partial charge >= 0.3 is 0 Å². The van der Waals surface area contributed by atoms with E-state index >= 15 is 0 Å². The van der Waals surface area contributed by atoms with E-state index in [4.69, 9.17) is 15.9 Å². The Kier molecular flexibility index (Phi) is 4.20. The number of nitrogens with one attached hydrogen (secondary N) is 2. The third-order valence-electron chi connectivity index (χ3n) is 1.72. The van der Waals surface area contributed by atoms with Crippen molar-refractivity contribution in [2.45, 2.75) is 13.8 Å². The second-order valence-electron chi connectivity index (χ2n) is 2.55. The topological polar surface area (TPSA) is 67.9 Å². The van der Waals surface area contributed by atoms with Gasteiger partial charge in [-0.3, -0.25) is 10.8 Å². The van der Waals surface area contributed by atoms with Crippen LogP contribution in [0, 0.1) is 10.8 Å². The average molecular weight is 184 g/mol. The second-order valence-corrected chi connectivity index (χ2v) is 2.55. The molecule has 0 heterocycles. The van der Waals surface area contributed by atoms with Crippen LogP contribution in [0.3, 0.4) is 0 Å². The van der Waals surface area contributed by atoms with Crippen molar-refractivity contribution >= 4 is 11.4 Å². The summed E-state index contributed by atoms with van der Waals surface area (Å²) in [5.41, 5.74) is 0.866. The summed E-state index contributed by atoms with van der Waals surface area (Å²) in [6, 6.07) is 0. The van der Waals surface area contributed by atoms with Crippen LogP contribution in [0.4, 0.5) is 4.39 Å². The van der Waals surface area contributed by atoms with Crippen molar-refractivity contribution in [3.05, 3.63) is 23.0 Å². The summed E-state index contributed by atoms with van der Waals surface area (Å²) >= 11 is 0. The van der Waals surface area contributed by atoms with E-state index in [1.807, 2.05) is 0 Å². The minimum atomic E-state index is -0.400. The summed E-state index contributed by atoms with van der Waals surface area (Å²) in [6.45, 7) is 3.14. The monoisotopic (exact) mass is 184 g/mol. The summed E-state index contributed by atoms with van der Waals surface area (Å²) in [5, 5.41) is 21.6. The lowest BCUT2D eigenvalue weighted by molar-refractivity contribution is 0.399. The molecule has 13 heavy (non-hydrogen) atoms. The first-order chi connectivity index (χ1) is 6.04. The molecule has 0 saturated heterocycles. The van der Waals surface area contributed by atoms with E-state index in [9.17, 15) is 4.39 Å². The smallest absolute Gasteiger partial charge is 0.128 e. The van der Waals surface area contributed by atoms with E-state index < -0.39 is 5.83 Å². The normalized spacial score (nSPS) is 16.5. The summed E-state index contributed by atoms with van der Waals surface area (Å²) in [6.07, 6.45) is 1.29. The number of halogens is 1. The molecule has 0 aromatic rings. The molecule has 1 aliphatic rings. The van der Waals surface area contributed by atoms with Gasteiger partial charge in [-0.1, -0.05) is 0 Å². The Labute approximate surface area is 76.6 Å². The van der Waals surface area contributed by atoms with Gasteiger partial charge in [0.2, 0.25) is 0 Å². The van der Waals surface area contributed by atoms with Crippen LogP contribution in [-0.4, -0.2) is 23.6 Å². The highest BCUT2D eigenvalue weighted by Crippen LogP contribution is 2.18. The van der Waals surface area contributed by atoms with Gasteiger partial charge in [0.15, 0.2) is 0 Å². The van der Waals surface area contributed by atoms with E-state index in [0.29, 0.717) is 5.57 Å². The van der Waals surface area contributed by atoms with E-state index in [-0.39, 0.29) is 17.0 Å². The van der Waals surface area contributed by atoms with Crippen molar-refractivity contribution in [3.63, 3.8) is 0 Å². The van der Waals surface area contributed by atoms with Crippen molar-refractivity contribution in [3.8, 4) is 0 Å². The van der Waals surface area contributed by atoms with Crippen molar-refractivity contribution in [1.82, 2.24) is 0 Å². The molecule has 0 aromatic carbocycles. The predicted octanol–water partition coefficient (Wildman–Crippen LogP) is 1.84. The summed E-state index contributed by atoms with van der Waals surface area (Å²) in [5.74, 6) is -0.400. The zero-order valence-corrected chi connectivity index (χ0v) is 7.90. The Balaban J connectivity index is 0.000000671. The Bertz CT molecular complexity index is 299. The van der Waals surface area contributed by atoms with Gasteiger partial charge < -0.3 is 5.11 Å². The highest BCUT2D eigenvalue weighted by Gasteiger charge is 2.17. The molecule has 72 valence electrons. The molecule has 4 heteroatoms. The molecule has 0 spiro atoms. The fourth-order valence-corrected chi connectivity index (χ4v) is 0.875. The van der Waals surface area contributed by atoms with Crippen LogP contribution < -0.4 is 0 Å².